The van der Waals surface area contributed by atoms with Crippen LogP contribution in [0.15, 0.2) is 66.1 Å². The van der Waals surface area contributed by atoms with Crippen molar-refractivity contribution in [1.82, 2.24) is 0 Å². The van der Waals surface area contributed by atoms with E-state index in [9.17, 15) is 22.8 Å². The smallest absolute Gasteiger partial charge is 0.274 e. The van der Waals surface area contributed by atoms with Gasteiger partial charge in [-0.3, -0.25) is 9.59 Å². The van der Waals surface area contributed by atoms with Crippen LogP contribution >= 0.6 is 11.8 Å². The number of thioether (sulfide) groups is 1. The lowest BCUT2D eigenvalue weighted by atomic mass is 10.1. The molecular weight excluding hydrogens is 363 g/mol. The molecule has 0 aliphatic carbocycles. The summed E-state index contributed by atoms with van der Waals surface area (Å²) < 4.78 is 38.3. The summed E-state index contributed by atoms with van der Waals surface area (Å²) in [7, 11) is 0. The van der Waals surface area contributed by atoms with E-state index in [0.717, 1.165) is 23.1 Å². The van der Waals surface area contributed by atoms with Crippen LogP contribution in [-0.4, -0.2) is 11.8 Å². The molecule has 0 saturated heterocycles. The maximum atomic E-state index is 12.8. The number of alkyl halides is 3. The zero-order chi connectivity index (χ0) is 18.9. The Morgan fingerprint density at radius 3 is 2.42 bits per heavy atom. The van der Waals surface area contributed by atoms with Gasteiger partial charge in [-0.25, -0.2) is 4.90 Å². The largest absolute Gasteiger partial charge is 0.416 e. The van der Waals surface area contributed by atoms with Crippen molar-refractivity contribution in [3.8, 4) is 0 Å². The third kappa shape index (κ3) is 3.53. The first-order chi connectivity index (χ1) is 12.3. The fourth-order valence-electron chi connectivity index (χ4n) is 2.73. The highest BCUT2D eigenvalue weighted by Gasteiger charge is 2.33. The topological polar surface area (TPSA) is 37.4 Å². The van der Waals surface area contributed by atoms with Crippen molar-refractivity contribution in [2.45, 2.75) is 22.7 Å². The fourth-order valence-corrected chi connectivity index (χ4v) is 3.99. The molecule has 26 heavy (non-hydrogen) atoms. The summed E-state index contributed by atoms with van der Waals surface area (Å²) in [5.74, 6) is -0.951. The van der Waals surface area contributed by atoms with E-state index in [-0.39, 0.29) is 6.42 Å². The zero-order valence-corrected chi connectivity index (χ0v) is 14.3. The van der Waals surface area contributed by atoms with Crippen molar-refractivity contribution in [3.05, 3.63) is 72.3 Å². The van der Waals surface area contributed by atoms with Gasteiger partial charge in [-0.2, -0.15) is 13.2 Å². The summed E-state index contributed by atoms with van der Waals surface area (Å²) in [6.45, 7) is 3.43. The van der Waals surface area contributed by atoms with Crippen molar-refractivity contribution >= 4 is 29.3 Å². The lowest BCUT2D eigenvalue weighted by molar-refractivity contribution is -0.137. The van der Waals surface area contributed by atoms with Crippen LogP contribution < -0.4 is 4.90 Å². The minimum Gasteiger partial charge on any atom is -0.274 e. The minimum atomic E-state index is -4.41. The molecule has 134 valence electrons. The van der Waals surface area contributed by atoms with Crippen LogP contribution in [0.5, 0.6) is 0 Å². The highest BCUT2D eigenvalue weighted by atomic mass is 32.2. The molecule has 1 heterocycles. The number of para-hydroxylation sites is 1. The number of carbonyl (C=O) groups is 2. The molecular formula is C19H14F3NO2S. The number of amides is 2. The van der Waals surface area contributed by atoms with Crippen molar-refractivity contribution < 1.29 is 22.8 Å². The second kappa shape index (κ2) is 6.99. The van der Waals surface area contributed by atoms with Gasteiger partial charge < -0.3 is 0 Å². The molecule has 3 nitrogen and oxygen atoms in total. The molecule has 0 aromatic heterocycles. The molecule has 1 aliphatic rings. The van der Waals surface area contributed by atoms with E-state index in [2.05, 4.69) is 6.58 Å². The lowest BCUT2D eigenvalue weighted by Gasteiger charge is -2.18. The van der Waals surface area contributed by atoms with Crippen LogP contribution in [0.1, 0.15) is 22.8 Å². The Morgan fingerprint density at radius 1 is 1.15 bits per heavy atom. The molecule has 7 heteroatoms. The quantitative estimate of drug-likeness (QED) is 0.692. The van der Waals surface area contributed by atoms with Crippen molar-refractivity contribution in [2.24, 2.45) is 0 Å². The summed E-state index contributed by atoms with van der Waals surface area (Å²) in [6.07, 6.45) is -3.35. The second-order valence-electron chi connectivity index (χ2n) is 5.67. The Bertz CT molecular complexity index is 862. The molecule has 3 rings (SSSR count). The van der Waals surface area contributed by atoms with E-state index in [1.165, 1.54) is 23.9 Å². The number of halogens is 3. The number of benzene rings is 2. The summed E-state index contributed by atoms with van der Waals surface area (Å²) in [5, 5.41) is -0.395. The number of imide groups is 1. The predicted molar refractivity (Wildman–Crippen MR) is 93.8 cm³/mol. The third-order valence-corrected chi connectivity index (χ3v) is 5.31. The summed E-state index contributed by atoms with van der Waals surface area (Å²) in [4.78, 5) is 26.6. The maximum Gasteiger partial charge on any atom is 0.416 e. The van der Waals surface area contributed by atoms with Gasteiger partial charge in [0.05, 0.1) is 11.3 Å². The Hall–Kier alpha value is -2.54. The highest BCUT2D eigenvalue weighted by molar-refractivity contribution is 7.99. The second-order valence-corrected chi connectivity index (χ2v) is 6.91. The Balaban J connectivity index is 1.98. The summed E-state index contributed by atoms with van der Waals surface area (Å²) in [6, 6.07) is 11.7. The lowest BCUT2D eigenvalue weighted by Crippen LogP contribution is -2.35. The van der Waals surface area contributed by atoms with Gasteiger partial charge in [-0.05, 0) is 35.9 Å². The van der Waals surface area contributed by atoms with Crippen LogP contribution in [0.25, 0.3) is 0 Å². The normalized spacial score (nSPS) is 17.4. The van der Waals surface area contributed by atoms with Gasteiger partial charge in [0.1, 0.15) is 0 Å². The van der Waals surface area contributed by atoms with E-state index < -0.39 is 28.8 Å². The molecule has 1 aliphatic heterocycles. The Labute approximate surface area is 152 Å². The number of hydrogen-bond acceptors (Lipinski definition) is 3. The highest BCUT2D eigenvalue weighted by Crippen LogP contribution is 2.46. The van der Waals surface area contributed by atoms with Gasteiger partial charge in [0, 0.05) is 16.6 Å². The number of nitrogens with zero attached hydrogens (tertiary/aromatic N) is 1. The minimum absolute atomic E-state index is 0.00963. The molecule has 0 fully saturated rings. The molecule has 0 radical (unpaired) electrons. The monoisotopic (exact) mass is 377 g/mol. The van der Waals surface area contributed by atoms with Gasteiger partial charge in [0.15, 0.2) is 0 Å². The van der Waals surface area contributed by atoms with Crippen LogP contribution in [0.2, 0.25) is 0 Å². The van der Waals surface area contributed by atoms with Crippen molar-refractivity contribution in [3.63, 3.8) is 0 Å². The molecule has 1 unspecified atom stereocenters. The van der Waals surface area contributed by atoms with E-state index in [1.807, 2.05) is 0 Å². The molecule has 2 amide bonds. The fraction of sp³-hybridized carbons (Fsp3) is 0.158. The van der Waals surface area contributed by atoms with Crippen LogP contribution in [-0.2, 0) is 15.8 Å². The molecule has 0 N–H and O–H groups in total. The first-order valence-electron chi connectivity index (χ1n) is 7.73. The van der Waals surface area contributed by atoms with Crippen LogP contribution in [0.4, 0.5) is 18.9 Å². The van der Waals surface area contributed by atoms with Crippen LogP contribution in [0, 0.1) is 0 Å². The van der Waals surface area contributed by atoms with Gasteiger partial charge in [0.2, 0.25) is 5.91 Å². The predicted octanol–water partition coefficient (Wildman–Crippen LogP) is 4.99. The number of anilines is 1. The van der Waals surface area contributed by atoms with E-state index in [1.54, 1.807) is 24.3 Å². The average molecular weight is 377 g/mol. The SMILES string of the molecule is C=CC(=O)N1C(=O)CC(c2ccc(C(F)(F)F)cc2)Sc2ccccc21. The maximum absolute atomic E-state index is 12.8. The standard InChI is InChI=1S/C19H14F3NO2S/c1-2-17(24)23-14-5-3-4-6-15(14)26-16(11-18(23)25)12-7-9-13(10-8-12)19(20,21)22/h2-10,16H,1,11H2. The van der Waals surface area contributed by atoms with Crippen molar-refractivity contribution in [2.75, 3.05) is 4.90 Å². The van der Waals surface area contributed by atoms with Gasteiger partial charge in [0.25, 0.3) is 5.91 Å². The molecule has 0 spiro atoms. The van der Waals surface area contributed by atoms with Gasteiger partial charge in [-0.1, -0.05) is 30.8 Å². The average Bonchev–Trinajstić information content (AvgIpc) is 2.76. The number of rotatable bonds is 2. The molecule has 2 aromatic rings. The number of carbonyl (C=O) groups excluding carboxylic acids is 2. The summed E-state index contributed by atoms with van der Waals surface area (Å²) in [5.41, 5.74) is 0.316. The molecule has 0 saturated carbocycles. The van der Waals surface area contributed by atoms with Crippen LogP contribution in [0.3, 0.4) is 0 Å². The van der Waals surface area contributed by atoms with Gasteiger partial charge in [-0.15, -0.1) is 11.8 Å². The summed E-state index contributed by atoms with van der Waals surface area (Å²) >= 11 is 1.35. The molecule has 2 aromatic carbocycles. The first kappa shape index (κ1) is 18.3. The Kier molecular flexibility index (Phi) is 4.91. The van der Waals surface area contributed by atoms with Crippen molar-refractivity contribution in [1.29, 1.82) is 0 Å². The van der Waals surface area contributed by atoms with E-state index in [4.69, 9.17) is 0 Å². The molecule has 0 bridgehead atoms. The molecule has 1 atom stereocenters. The van der Waals surface area contributed by atoms with Gasteiger partial charge >= 0.3 is 6.18 Å². The zero-order valence-electron chi connectivity index (χ0n) is 13.5. The van der Waals surface area contributed by atoms with E-state index in [0.29, 0.717) is 16.1 Å². The first-order valence-corrected chi connectivity index (χ1v) is 8.61. The number of hydrogen-bond donors (Lipinski definition) is 0. The third-order valence-electron chi connectivity index (χ3n) is 3.99. The Morgan fingerprint density at radius 2 is 1.81 bits per heavy atom. The number of fused-ring (bicyclic) bond motifs is 1. The van der Waals surface area contributed by atoms with E-state index >= 15 is 0 Å².